The minimum atomic E-state index is -0.0612. The van der Waals surface area contributed by atoms with E-state index in [0.717, 1.165) is 48.8 Å². The third kappa shape index (κ3) is 3.79. The number of aromatic nitrogens is 2. The minimum absolute atomic E-state index is 0.0612. The van der Waals surface area contributed by atoms with Gasteiger partial charge in [-0.05, 0) is 44.2 Å². The van der Waals surface area contributed by atoms with Crippen LogP contribution in [0.5, 0.6) is 0 Å². The van der Waals surface area contributed by atoms with Crippen molar-refractivity contribution in [2.75, 3.05) is 32.8 Å². The van der Waals surface area contributed by atoms with Crippen LogP contribution in [0, 0.1) is 6.92 Å². The van der Waals surface area contributed by atoms with Crippen LogP contribution in [0.4, 0.5) is 0 Å². The lowest BCUT2D eigenvalue weighted by Gasteiger charge is -2.32. The molecule has 1 N–H and O–H groups in total. The summed E-state index contributed by atoms with van der Waals surface area (Å²) in [5.74, 6) is 0.841. The second-order valence-corrected chi connectivity index (χ2v) is 7.24. The van der Waals surface area contributed by atoms with Crippen molar-refractivity contribution in [1.82, 2.24) is 19.8 Å². The number of hydrogen-bond donors (Lipinski definition) is 1. The Balaban J connectivity index is 1.49. The number of morpholine rings is 1. The van der Waals surface area contributed by atoms with E-state index in [1.165, 1.54) is 0 Å². The number of aryl methyl sites for hydroxylation is 1. The average Bonchev–Trinajstić information content (AvgIpc) is 3.07. The summed E-state index contributed by atoms with van der Waals surface area (Å²) in [6, 6.07) is 16.1. The van der Waals surface area contributed by atoms with Crippen LogP contribution >= 0.6 is 0 Å². The molecule has 1 aliphatic rings. The second kappa shape index (κ2) is 8.12. The number of para-hydroxylation sites is 1. The van der Waals surface area contributed by atoms with Crippen molar-refractivity contribution in [2.24, 2.45) is 0 Å². The van der Waals surface area contributed by atoms with Crippen molar-refractivity contribution < 1.29 is 9.53 Å². The molecule has 0 bridgehead atoms. The highest BCUT2D eigenvalue weighted by Crippen LogP contribution is 2.22. The number of fused-ring (bicyclic) bond motifs is 1. The van der Waals surface area contributed by atoms with E-state index in [2.05, 4.69) is 38.8 Å². The second-order valence-electron chi connectivity index (χ2n) is 7.24. The first-order chi connectivity index (χ1) is 13.6. The molecule has 0 saturated carbocycles. The van der Waals surface area contributed by atoms with Gasteiger partial charge in [-0.3, -0.25) is 14.3 Å². The summed E-state index contributed by atoms with van der Waals surface area (Å²) in [4.78, 5) is 19.7. The fraction of sp³-hybridized carbons (Fsp3) is 0.364. The van der Waals surface area contributed by atoms with E-state index in [-0.39, 0.29) is 11.9 Å². The lowest BCUT2D eigenvalue weighted by Crippen LogP contribution is -2.47. The number of rotatable bonds is 5. The van der Waals surface area contributed by atoms with Gasteiger partial charge in [-0.1, -0.05) is 18.2 Å². The minimum Gasteiger partial charge on any atom is -0.379 e. The number of benzene rings is 2. The van der Waals surface area contributed by atoms with Crippen LogP contribution in [-0.2, 0) is 4.74 Å². The predicted molar refractivity (Wildman–Crippen MR) is 110 cm³/mol. The zero-order valence-corrected chi connectivity index (χ0v) is 16.4. The van der Waals surface area contributed by atoms with E-state index in [9.17, 15) is 4.79 Å². The van der Waals surface area contributed by atoms with Crippen LogP contribution in [0.3, 0.4) is 0 Å². The van der Waals surface area contributed by atoms with Crippen LogP contribution in [0.15, 0.2) is 48.5 Å². The third-order valence-electron chi connectivity index (χ3n) is 5.33. The molecule has 1 aromatic heterocycles. The maximum absolute atomic E-state index is 12.6. The van der Waals surface area contributed by atoms with Gasteiger partial charge in [-0.2, -0.15) is 0 Å². The van der Waals surface area contributed by atoms with Crippen LogP contribution in [0.25, 0.3) is 16.7 Å². The molecule has 0 radical (unpaired) electrons. The summed E-state index contributed by atoms with van der Waals surface area (Å²) in [6.07, 6.45) is 0. The molecule has 2 aromatic carbocycles. The summed E-state index contributed by atoms with van der Waals surface area (Å²) in [6.45, 7) is 8.10. The highest BCUT2D eigenvalue weighted by molar-refractivity contribution is 5.97. The monoisotopic (exact) mass is 378 g/mol. The topological polar surface area (TPSA) is 59.4 Å². The lowest BCUT2D eigenvalue weighted by atomic mass is 10.1. The normalized spacial score (nSPS) is 16.2. The lowest BCUT2D eigenvalue weighted by molar-refractivity contribution is 0.0204. The zero-order valence-electron chi connectivity index (χ0n) is 16.4. The Morgan fingerprint density at radius 1 is 1.18 bits per heavy atom. The van der Waals surface area contributed by atoms with Gasteiger partial charge in [-0.15, -0.1) is 0 Å². The molecule has 2 heterocycles. The molecule has 0 aliphatic carbocycles. The number of carbonyl (C=O) groups is 1. The highest BCUT2D eigenvalue weighted by atomic mass is 16.5. The standard InChI is InChI=1S/C22H26N4O2/c1-16(25-10-12-28-13-11-25)15-23-22(27)18-8-9-21-20(14-18)24-17(2)26(21)19-6-4-3-5-7-19/h3-9,14,16H,10-13,15H2,1-2H3,(H,23,27)/t16-/m0/s1. The zero-order chi connectivity index (χ0) is 19.5. The number of nitrogens with one attached hydrogen (secondary N) is 1. The van der Waals surface area contributed by atoms with Crippen molar-refractivity contribution in [3.63, 3.8) is 0 Å². The number of ether oxygens (including phenoxy) is 1. The third-order valence-corrected chi connectivity index (χ3v) is 5.33. The molecule has 4 rings (SSSR count). The smallest absolute Gasteiger partial charge is 0.251 e. The highest BCUT2D eigenvalue weighted by Gasteiger charge is 2.18. The van der Waals surface area contributed by atoms with Gasteiger partial charge in [0.2, 0.25) is 0 Å². The number of nitrogens with zero attached hydrogens (tertiary/aromatic N) is 3. The Kier molecular flexibility index (Phi) is 5.41. The van der Waals surface area contributed by atoms with Gasteiger partial charge < -0.3 is 10.1 Å². The van der Waals surface area contributed by atoms with Crippen molar-refractivity contribution in [3.05, 3.63) is 59.9 Å². The van der Waals surface area contributed by atoms with E-state index in [1.54, 1.807) is 0 Å². The molecule has 28 heavy (non-hydrogen) atoms. The quantitative estimate of drug-likeness (QED) is 0.742. The van der Waals surface area contributed by atoms with Crippen LogP contribution in [0.1, 0.15) is 23.1 Å². The Morgan fingerprint density at radius 3 is 2.68 bits per heavy atom. The summed E-state index contributed by atoms with van der Waals surface area (Å²) in [5, 5.41) is 3.06. The molecule has 1 atom stereocenters. The summed E-state index contributed by atoms with van der Waals surface area (Å²) in [7, 11) is 0. The maximum atomic E-state index is 12.6. The van der Waals surface area contributed by atoms with Crippen molar-refractivity contribution in [3.8, 4) is 5.69 Å². The first kappa shape index (κ1) is 18.7. The molecule has 1 amide bonds. The summed E-state index contributed by atoms with van der Waals surface area (Å²) in [5.41, 5.74) is 3.54. The molecule has 1 saturated heterocycles. The molecule has 1 aliphatic heterocycles. The Morgan fingerprint density at radius 2 is 1.93 bits per heavy atom. The van der Waals surface area contributed by atoms with E-state index in [0.29, 0.717) is 12.1 Å². The van der Waals surface area contributed by atoms with Crippen molar-refractivity contribution in [1.29, 1.82) is 0 Å². The van der Waals surface area contributed by atoms with E-state index in [1.807, 2.05) is 43.3 Å². The van der Waals surface area contributed by atoms with E-state index >= 15 is 0 Å². The number of hydrogen-bond acceptors (Lipinski definition) is 4. The van der Waals surface area contributed by atoms with Gasteiger partial charge in [0.15, 0.2) is 0 Å². The molecule has 3 aromatic rings. The van der Waals surface area contributed by atoms with Gasteiger partial charge in [0.1, 0.15) is 5.82 Å². The Hall–Kier alpha value is -2.70. The van der Waals surface area contributed by atoms with Crippen molar-refractivity contribution in [2.45, 2.75) is 19.9 Å². The Labute approximate surface area is 165 Å². The molecule has 0 spiro atoms. The molecule has 1 fully saturated rings. The van der Waals surface area contributed by atoms with Gasteiger partial charge in [0.05, 0.1) is 24.2 Å². The van der Waals surface area contributed by atoms with Crippen LogP contribution in [0.2, 0.25) is 0 Å². The van der Waals surface area contributed by atoms with E-state index in [4.69, 9.17) is 4.74 Å². The average molecular weight is 378 g/mol. The largest absolute Gasteiger partial charge is 0.379 e. The number of amides is 1. The van der Waals surface area contributed by atoms with Gasteiger partial charge in [0, 0.05) is 36.9 Å². The predicted octanol–water partition coefficient (Wildman–Crippen LogP) is 2.78. The molecule has 6 nitrogen and oxygen atoms in total. The number of imidazole rings is 1. The molecular formula is C22H26N4O2. The number of carbonyl (C=O) groups excluding carboxylic acids is 1. The summed E-state index contributed by atoms with van der Waals surface area (Å²) < 4.78 is 7.50. The first-order valence-electron chi connectivity index (χ1n) is 9.78. The van der Waals surface area contributed by atoms with Crippen LogP contribution in [-0.4, -0.2) is 59.2 Å². The fourth-order valence-electron chi connectivity index (χ4n) is 3.73. The molecule has 0 unspecified atom stereocenters. The van der Waals surface area contributed by atoms with Gasteiger partial charge >= 0.3 is 0 Å². The molecule has 6 heteroatoms. The Bertz CT molecular complexity index is 961. The van der Waals surface area contributed by atoms with Gasteiger partial charge in [0.25, 0.3) is 5.91 Å². The maximum Gasteiger partial charge on any atom is 0.251 e. The molecular weight excluding hydrogens is 352 g/mol. The SMILES string of the molecule is Cc1nc2cc(C(=O)NC[C@H](C)N3CCOCC3)ccc2n1-c1ccccc1. The first-order valence-corrected chi connectivity index (χ1v) is 9.78. The van der Waals surface area contributed by atoms with Crippen LogP contribution < -0.4 is 5.32 Å². The summed E-state index contributed by atoms with van der Waals surface area (Å²) >= 11 is 0. The van der Waals surface area contributed by atoms with Crippen molar-refractivity contribution >= 4 is 16.9 Å². The fourth-order valence-corrected chi connectivity index (χ4v) is 3.73. The van der Waals surface area contributed by atoms with Gasteiger partial charge in [-0.25, -0.2) is 4.98 Å². The molecule has 146 valence electrons. The van der Waals surface area contributed by atoms with E-state index < -0.39 is 0 Å².